The molecule has 90 valence electrons. The molecule has 1 heterocycles. The van der Waals surface area contributed by atoms with Gasteiger partial charge in [-0.25, -0.2) is 0 Å². The molecular weight excluding hydrogens is 204 g/mol. The summed E-state index contributed by atoms with van der Waals surface area (Å²) in [6.45, 7) is 3.17. The van der Waals surface area contributed by atoms with E-state index in [2.05, 4.69) is 6.07 Å². The first-order valence-corrected chi connectivity index (χ1v) is 5.88. The number of amides is 1. The molecule has 0 spiro atoms. The highest BCUT2D eigenvalue weighted by Crippen LogP contribution is 2.17. The van der Waals surface area contributed by atoms with Crippen molar-refractivity contribution < 1.29 is 9.53 Å². The molecule has 1 amide bonds. The Morgan fingerprint density at radius 2 is 2.44 bits per heavy atom. The molecule has 4 nitrogen and oxygen atoms in total. The molecular formula is C12H20N2O2. The first-order valence-electron chi connectivity index (χ1n) is 5.88. The van der Waals surface area contributed by atoms with Gasteiger partial charge in [-0.15, -0.1) is 0 Å². The largest absolute Gasteiger partial charge is 0.378 e. The summed E-state index contributed by atoms with van der Waals surface area (Å²) >= 11 is 0. The van der Waals surface area contributed by atoms with Crippen LogP contribution in [0.25, 0.3) is 0 Å². The smallest absolute Gasteiger partial charge is 0.222 e. The molecule has 0 aromatic carbocycles. The van der Waals surface area contributed by atoms with E-state index in [-0.39, 0.29) is 17.9 Å². The molecule has 0 aliphatic carbocycles. The first-order chi connectivity index (χ1) is 7.63. The summed E-state index contributed by atoms with van der Waals surface area (Å²) in [5.41, 5.74) is 0. The van der Waals surface area contributed by atoms with Crippen molar-refractivity contribution in [2.45, 2.75) is 38.7 Å². The molecule has 2 unspecified atom stereocenters. The molecule has 1 aliphatic heterocycles. The van der Waals surface area contributed by atoms with Gasteiger partial charge in [-0.3, -0.25) is 4.79 Å². The number of rotatable bonds is 5. The topological polar surface area (TPSA) is 53.3 Å². The van der Waals surface area contributed by atoms with Crippen LogP contribution >= 0.6 is 0 Å². The van der Waals surface area contributed by atoms with Crippen LogP contribution in [-0.4, -0.2) is 37.1 Å². The monoisotopic (exact) mass is 224 g/mol. The normalized spacial score (nSPS) is 21.4. The van der Waals surface area contributed by atoms with Gasteiger partial charge in [0.15, 0.2) is 0 Å². The van der Waals surface area contributed by atoms with Crippen molar-refractivity contribution in [3.63, 3.8) is 0 Å². The Labute approximate surface area is 97.2 Å². The van der Waals surface area contributed by atoms with E-state index in [9.17, 15) is 4.79 Å². The van der Waals surface area contributed by atoms with Crippen molar-refractivity contribution in [2.24, 2.45) is 5.92 Å². The van der Waals surface area contributed by atoms with Crippen LogP contribution < -0.4 is 0 Å². The Balaban J connectivity index is 2.20. The number of ether oxygens (including phenoxy) is 1. The minimum Gasteiger partial charge on any atom is -0.378 e. The molecule has 0 N–H and O–H groups in total. The molecule has 0 aromatic heterocycles. The van der Waals surface area contributed by atoms with Gasteiger partial charge in [-0.1, -0.05) is 0 Å². The predicted octanol–water partition coefficient (Wildman–Crippen LogP) is 1.56. The van der Waals surface area contributed by atoms with E-state index >= 15 is 0 Å². The van der Waals surface area contributed by atoms with Gasteiger partial charge >= 0.3 is 0 Å². The number of carbonyl (C=O) groups excluding carboxylic acids is 1. The van der Waals surface area contributed by atoms with Crippen molar-refractivity contribution in [3.05, 3.63) is 0 Å². The lowest BCUT2D eigenvalue weighted by molar-refractivity contribution is -0.130. The van der Waals surface area contributed by atoms with Gasteiger partial charge in [0.25, 0.3) is 0 Å². The van der Waals surface area contributed by atoms with Gasteiger partial charge in [0.05, 0.1) is 18.1 Å². The van der Waals surface area contributed by atoms with E-state index in [1.807, 2.05) is 6.92 Å². The Kier molecular flexibility index (Phi) is 5.27. The number of nitrogens with zero attached hydrogens (tertiary/aromatic N) is 2. The van der Waals surface area contributed by atoms with Crippen molar-refractivity contribution >= 4 is 5.91 Å². The maximum Gasteiger partial charge on any atom is 0.222 e. The van der Waals surface area contributed by atoms with Gasteiger partial charge in [0.1, 0.15) is 0 Å². The van der Waals surface area contributed by atoms with Crippen LogP contribution in [0.4, 0.5) is 0 Å². The molecule has 1 aliphatic rings. The lowest BCUT2D eigenvalue weighted by Crippen LogP contribution is -2.31. The lowest BCUT2D eigenvalue weighted by Gasteiger charge is -2.19. The zero-order chi connectivity index (χ0) is 12.0. The molecule has 1 saturated heterocycles. The van der Waals surface area contributed by atoms with Crippen molar-refractivity contribution in [2.75, 3.05) is 20.2 Å². The fourth-order valence-corrected chi connectivity index (χ4v) is 1.90. The summed E-state index contributed by atoms with van der Waals surface area (Å²) < 4.78 is 5.46. The average Bonchev–Trinajstić information content (AvgIpc) is 2.78. The van der Waals surface area contributed by atoms with Gasteiger partial charge < -0.3 is 9.64 Å². The van der Waals surface area contributed by atoms with E-state index < -0.39 is 0 Å². The minimum atomic E-state index is -0.100. The summed E-state index contributed by atoms with van der Waals surface area (Å²) in [5, 5.41) is 8.66. The molecule has 1 rings (SSSR count). The maximum absolute atomic E-state index is 11.7. The third kappa shape index (κ3) is 4.19. The molecule has 0 aromatic rings. The highest BCUT2D eigenvalue weighted by Gasteiger charge is 2.18. The van der Waals surface area contributed by atoms with E-state index in [4.69, 9.17) is 10.00 Å². The number of carbonyl (C=O) groups is 1. The van der Waals surface area contributed by atoms with E-state index in [1.54, 1.807) is 11.9 Å². The van der Waals surface area contributed by atoms with Gasteiger partial charge in [0, 0.05) is 26.6 Å². The maximum atomic E-state index is 11.7. The third-order valence-electron chi connectivity index (χ3n) is 2.90. The van der Waals surface area contributed by atoms with Gasteiger partial charge in [-0.05, 0) is 26.2 Å². The van der Waals surface area contributed by atoms with Crippen LogP contribution in [0.1, 0.15) is 32.6 Å². The molecule has 1 fully saturated rings. The van der Waals surface area contributed by atoms with E-state index in [0.29, 0.717) is 13.0 Å². The van der Waals surface area contributed by atoms with Gasteiger partial charge in [0.2, 0.25) is 5.91 Å². The average molecular weight is 224 g/mol. The molecule has 2 atom stereocenters. The Hall–Kier alpha value is -1.08. The van der Waals surface area contributed by atoms with Crippen LogP contribution in [0.15, 0.2) is 0 Å². The fourth-order valence-electron chi connectivity index (χ4n) is 1.90. The first kappa shape index (κ1) is 13.0. The van der Waals surface area contributed by atoms with E-state index in [0.717, 1.165) is 25.9 Å². The second kappa shape index (κ2) is 6.49. The molecule has 0 radical (unpaired) electrons. The summed E-state index contributed by atoms with van der Waals surface area (Å²) in [7, 11) is 1.76. The summed E-state index contributed by atoms with van der Waals surface area (Å²) in [5.74, 6) is 0.00859. The molecule has 16 heavy (non-hydrogen) atoms. The second-order valence-corrected chi connectivity index (χ2v) is 4.48. The fraction of sp³-hybridized carbons (Fsp3) is 0.833. The third-order valence-corrected chi connectivity index (χ3v) is 2.90. The van der Waals surface area contributed by atoms with Crippen LogP contribution in [-0.2, 0) is 9.53 Å². The van der Waals surface area contributed by atoms with Crippen LogP contribution in [0.2, 0.25) is 0 Å². The van der Waals surface area contributed by atoms with Crippen LogP contribution in [0.5, 0.6) is 0 Å². The van der Waals surface area contributed by atoms with Crippen LogP contribution in [0, 0.1) is 17.2 Å². The quantitative estimate of drug-likeness (QED) is 0.712. The Morgan fingerprint density at radius 1 is 1.69 bits per heavy atom. The molecule has 4 heteroatoms. The predicted molar refractivity (Wildman–Crippen MR) is 60.6 cm³/mol. The van der Waals surface area contributed by atoms with Crippen LogP contribution in [0.3, 0.4) is 0 Å². The lowest BCUT2D eigenvalue weighted by atomic mass is 10.1. The van der Waals surface area contributed by atoms with Crippen molar-refractivity contribution in [1.29, 1.82) is 5.26 Å². The second-order valence-electron chi connectivity index (χ2n) is 4.48. The Morgan fingerprint density at radius 3 is 3.00 bits per heavy atom. The number of hydrogen-bond acceptors (Lipinski definition) is 3. The standard InChI is InChI=1S/C12H20N2O2/c1-10(8-13)9-14(2)12(15)6-5-11-4-3-7-16-11/h10-11H,3-7,9H2,1-2H3. The number of hydrogen-bond donors (Lipinski definition) is 0. The van der Waals surface area contributed by atoms with E-state index in [1.165, 1.54) is 0 Å². The van der Waals surface area contributed by atoms with Crippen molar-refractivity contribution in [1.82, 2.24) is 4.90 Å². The SMILES string of the molecule is CC(C#N)CN(C)C(=O)CCC1CCCO1. The van der Waals surface area contributed by atoms with Gasteiger partial charge in [-0.2, -0.15) is 5.26 Å². The Bertz CT molecular complexity index is 267. The zero-order valence-electron chi connectivity index (χ0n) is 10.1. The summed E-state index contributed by atoms with van der Waals surface area (Å²) in [4.78, 5) is 13.4. The number of nitriles is 1. The minimum absolute atomic E-state index is 0.100. The highest BCUT2D eigenvalue weighted by atomic mass is 16.5. The van der Waals surface area contributed by atoms with Crippen molar-refractivity contribution in [3.8, 4) is 6.07 Å². The summed E-state index contributed by atoms with van der Waals surface area (Å²) in [6.07, 6.45) is 3.79. The molecule has 0 saturated carbocycles. The highest BCUT2D eigenvalue weighted by molar-refractivity contribution is 5.75. The molecule has 0 bridgehead atoms. The summed E-state index contributed by atoms with van der Waals surface area (Å²) in [6, 6.07) is 2.13. The zero-order valence-corrected chi connectivity index (χ0v) is 10.1.